The monoisotopic (exact) mass is 635 g/mol. The first-order valence-corrected chi connectivity index (χ1v) is 16.9. The van der Waals surface area contributed by atoms with Gasteiger partial charge in [0.1, 0.15) is 11.7 Å². The van der Waals surface area contributed by atoms with Gasteiger partial charge in [-0.15, -0.1) is 0 Å². The number of likely N-dealkylation sites (tertiary alicyclic amines) is 1. The van der Waals surface area contributed by atoms with E-state index in [0.29, 0.717) is 26.1 Å². The SMILES string of the molecule is CN(CCN1CCC(OC(=O)Nc2ccccc2-c2ccccc2)CC1)C(=O)CCCCCN1CCN(C(=O)OC(C)(C)C)CC1. The number of unbranched alkanes of at least 4 members (excludes halogenated alkanes) is 2. The van der Waals surface area contributed by atoms with Crippen LogP contribution >= 0.6 is 0 Å². The molecule has 4 rings (SSSR count). The molecule has 0 radical (unpaired) electrons. The molecule has 0 aromatic heterocycles. The van der Waals surface area contributed by atoms with Crippen molar-refractivity contribution in [3.05, 3.63) is 54.6 Å². The van der Waals surface area contributed by atoms with Crippen molar-refractivity contribution < 1.29 is 23.9 Å². The van der Waals surface area contributed by atoms with Gasteiger partial charge in [-0.1, -0.05) is 55.0 Å². The van der Waals surface area contributed by atoms with Crippen LogP contribution in [0.4, 0.5) is 15.3 Å². The van der Waals surface area contributed by atoms with Gasteiger partial charge in [0.2, 0.25) is 5.91 Å². The Kier molecular flexibility index (Phi) is 13.3. The molecule has 2 fully saturated rings. The van der Waals surface area contributed by atoms with Crippen LogP contribution in [-0.2, 0) is 14.3 Å². The van der Waals surface area contributed by atoms with Crippen LogP contribution in [0.25, 0.3) is 11.1 Å². The summed E-state index contributed by atoms with van der Waals surface area (Å²) in [5, 5.41) is 2.93. The number of rotatable bonds is 12. The standard InChI is InChI=1S/C36H53N5O5/c1-36(2,3)46-35(44)41-27-25-39(26-28-41)20-12-6-9-17-33(42)38(4)23-24-40-21-18-30(19-22-40)45-34(43)37-32-16-11-10-15-31(32)29-13-7-5-8-14-29/h5,7-8,10-11,13-16,30H,6,9,12,17-28H2,1-4H3,(H,37,43). The van der Waals surface area contributed by atoms with Crippen molar-refractivity contribution in [3.63, 3.8) is 0 Å². The van der Waals surface area contributed by atoms with Crippen molar-refractivity contribution in [1.82, 2.24) is 19.6 Å². The van der Waals surface area contributed by atoms with Gasteiger partial charge in [-0.25, -0.2) is 9.59 Å². The van der Waals surface area contributed by atoms with Crippen LogP contribution in [0.2, 0.25) is 0 Å². The maximum absolute atomic E-state index is 12.7. The molecule has 0 aliphatic carbocycles. The van der Waals surface area contributed by atoms with Crippen molar-refractivity contribution in [2.75, 3.05) is 71.3 Å². The number of anilines is 1. The molecule has 2 aromatic rings. The number of carbonyl (C=O) groups excluding carboxylic acids is 3. The maximum Gasteiger partial charge on any atom is 0.411 e. The van der Waals surface area contributed by atoms with Gasteiger partial charge in [0, 0.05) is 71.4 Å². The largest absolute Gasteiger partial charge is 0.446 e. The number of piperidine rings is 1. The Balaban J connectivity index is 1.04. The van der Waals surface area contributed by atoms with Gasteiger partial charge in [-0.3, -0.25) is 15.0 Å². The third-order valence-electron chi connectivity index (χ3n) is 8.62. The van der Waals surface area contributed by atoms with Gasteiger partial charge in [-0.05, 0) is 64.6 Å². The summed E-state index contributed by atoms with van der Waals surface area (Å²) in [7, 11) is 1.89. The van der Waals surface area contributed by atoms with Gasteiger partial charge in [0.15, 0.2) is 0 Å². The second-order valence-corrected chi connectivity index (χ2v) is 13.4. The Bertz CT molecular complexity index is 1250. The highest BCUT2D eigenvalue weighted by Gasteiger charge is 2.26. The van der Waals surface area contributed by atoms with Gasteiger partial charge >= 0.3 is 12.2 Å². The molecule has 3 amide bonds. The predicted octanol–water partition coefficient (Wildman–Crippen LogP) is 5.94. The molecule has 252 valence electrons. The fourth-order valence-corrected chi connectivity index (χ4v) is 5.88. The van der Waals surface area contributed by atoms with E-state index >= 15 is 0 Å². The summed E-state index contributed by atoms with van der Waals surface area (Å²) in [5.41, 5.74) is 2.27. The molecule has 0 atom stereocenters. The molecule has 0 unspecified atom stereocenters. The lowest BCUT2D eigenvalue weighted by Gasteiger charge is -2.35. The lowest BCUT2D eigenvalue weighted by molar-refractivity contribution is -0.130. The number of carbonyl (C=O) groups is 3. The average molecular weight is 636 g/mol. The zero-order valence-electron chi connectivity index (χ0n) is 28.2. The molecule has 10 nitrogen and oxygen atoms in total. The minimum Gasteiger partial charge on any atom is -0.446 e. The van der Waals surface area contributed by atoms with Crippen molar-refractivity contribution in [2.24, 2.45) is 0 Å². The molecule has 2 aliphatic heterocycles. The summed E-state index contributed by atoms with van der Waals surface area (Å²) in [6, 6.07) is 17.7. The van der Waals surface area contributed by atoms with Gasteiger partial charge in [0.05, 0.1) is 5.69 Å². The lowest BCUT2D eigenvalue weighted by Crippen LogP contribution is -2.50. The summed E-state index contributed by atoms with van der Waals surface area (Å²) in [6.45, 7) is 13.0. The van der Waals surface area contributed by atoms with Crippen molar-refractivity contribution >= 4 is 23.8 Å². The van der Waals surface area contributed by atoms with E-state index in [1.807, 2.05) is 87.3 Å². The summed E-state index contributed by atoms with van der Waals surface area (Å²) in [4.78, 5) is 46.0. The van der Waals surface area contributed by atoms with E-state index in [-0.39, 0.29) is 18.1 Å². The van der Waals surface area contributed by atoms with E-state index in [4.69, 9.17) is 9.47 Å². The first kappa shape index (κ1) is 35.2. The highest BCUT2D eigenvalue weighted by Crippen LogP contribution is 2.28. The van der Waals surface area contributed by atoms with Crippen molar-refractivity contribution in [2.45, 2.75) is 71.0 Å². The highest BCUT2D eigenvalue weighted by molar-refractivity contribution is 5.91. The second kappa shape index (κ2) is 17.3. The Morgan fingerprint density at radius 3 is 2.17 bits per heavy atom. The quantitative estimate of drug-likeness (QED) is 0.289. The smallest absolute Gasteiger partial charge is 0.411 e. The van der Waals surface area contributed by atoms with Crippen molar-refractivity contribution in [1.29, 1.82) is 0 Å². The minimum atomic E-state index is -0.467. The number of nitrogens with one attached hydrogen (secondary N) is 1. The van der Waals surface area contributed by atoms with Crippen LogP contribution in [0.3, 0.4) is 0 Å². The third kappa shape index (κ3) is 11.6. The van der Waals surface area contributed by atoms with Gasteiger partial charge in [0.25, 0.3) is 0 Å². The topological polar surface area (TPSA) is 94.7 Å². The lowest BCUT2D eigenvalue weighted by atomic mass is 10.0. The molecule has 0 spiro atoms. The Morgan fingerprint density at radius 1 is 0.826 bits per heavy atom. The van der Waals surface area contributed by atoms with Crippen LogP contribution in [0, 0.1) is 0 Å². The van der Waals surface area contributed by atoms with Crippen LogP contribution < -0.4 is 5.32 Å². The second-order valence-electron chi connectivity index (χ2n) is 13.4. The number of benzene rings is 2. The molecule has 2 aliphatic rings. The van der Waals surface area contributed by atoms with Crippen LogP contribution in [0.5, 0.6) is 0 Å². The molecule has 10 heteroatoms. The third-order valence-corrected chi connectivity index (χ3v) is 8.62. The van der Waals surface area contributed by atoms with Crippen LogP contribution in [0.15, 0.2) is 54.6 Å². The summed E-state index contributed by atoms with van der Waals surface area (Å²) in [6.07, 6.45) is 4.32. The van der Waals surface area contributed by atoms with Crippen LogP contribution in [-0.4, -0.2) is 115 Å². The van der Waals surface area contributed by atoms with E-state index in [1.54, 1.807) is 4.90 Å². The van der Waals surface area contributed by atoms with Gasteiger partial charge in [-0.2, -0.15) is 0 Å². The first-order valence-electron chi connectivity index (χ1n) is 16.9. The molecule has 0 bridgehead atoms. The summed E-state index contributed by atoms with van der Waals surface area (Å²) >= 11 is 0. The Morgan fingerprint density at radius 2 is 1.48 bits per heavy atom. The molecular weight excluding hydrogens is 582 g/mol. The summed E-state index contributed by atoms with van der Waals surface area (Å²) in [5.74, 6) is 0.191. The zero-order valence-corrected chi connectivity index (χ0v) is 28.2. The Hall–Kier alpha value is -3.63. The Labute approximate surface area is 275 Å². The van der Waals surface area contributed by atoms with E-state index in [9.17, 15) is 14.4 Å². The fraction of sp³-hybridized carbons (Fsp3) is 0.583. The summed E-state index contributed by atoms with van der Waals surface area (Å²) < 4.78 is 11.2. The molecule has 46 heavy (non-hydrogen) atoms. The number of hydrogen-bond acceptors (Lipinski definition) is 7. The molecule has 2 saturated heterocycles. The molecule has 2 heterocycles. The maximum atomic E-state index is 12.7. The molecule has 0 saturated carbocycles. The number of nitrogens with zero attached hydrogens (tertiary/aromatic N) is 4. The highest BCUT2D eigenvalue weighted by atomic mass is 16.6. The molecular formula is C36H53N5O5. The number of hydrogen-bond donors (Lipinski definition) is 1. The van der Waals surface area contributed by atoms with E-state index in [0.717, 1.165) is 88.2 Å². The number of piperazine rings is 1. The first-order chi connectivity index (χ1) is 22.1. The molecule has 2 aromatic carbocycles. The number of likely N-dealkylation sites (N-methyl/N-ethyl adjacent to an activating group) is 1. The van der Waals surface area contributed by atoms with E-state index in [1.165, 1.54) is 0 Å². The minimum absolute atomic E-state index is 0.117. The number of amides is 3. The van der Waals surface area contributed by atoms with E-state index < -0.39 is 11.7 Å². The van der Waals surface area contributed by atoms with Gasteiger partial charge < -0.3 is 24.2 Å². The van der Waals surface area contributed by atoms with E-state index in [2.05, 4.69) is 15.1 Å². The average Bonchev–Trinajstić information content (AvgIpc) is 3.04. The normalized spacial score (nSPS) is 16.6. The zero-order chi connectivity index (χ0) is 32.9. The molecule has 1 N–H and O–H groups in total. The fourth-order valence-electron chi connectivity index (χ4n) is 5.88. The van der Waals surface area contributed by atoms with Crippen LogP contribution in [0.1, 0.15) is 59.3 Å². The number of para-hydroxylation sites is 1. The predicted molar refractivity (Wildman–Crippen MR) is 182 cm³/mol. The number of ether oxygens (including phenoxy) is 2. The van der Waals surface area contributed by atoms with Crippen molar-refractivity contribution in [3.8, 4) is 11.1 Å².